The van der Waals surface area contributed by atoms with Crippen LogP contribution in [0.2, 0.25) is 0 Å². The Morgan fingerprint density at radius 2 is 2.11 bits per heavy atom. The molecule has 0 aliphatic rings. The second-order valence-corrected chi connectivity index (χ2v) is 5.25. The number of carbonyl (C=O) groups is 2. The average Bonchev–Trinajstić information content (AvgIpc) is 2.66. The molecule has 0 spiro atoms. The summed E-state index contributed by atoms with van der Waals surface area (Å²) in [7, 11) is 0. The van der Waals surface area contributed by atoms with Gasteiger partial charge < -0.3 is 14.3 Å². The van der Waals surface area contributed by atoms with Crippen molar-refractivity contribution in [3.63, 3.8) is 0 Å². The van der Waals surface area contributed by atoms with Crippen LogP contribution in [0.1, 0.15) is 34.1 Å². The second kappa shape index (κ2) is 5.77. The number of aliphatic carboxylic acids is 1. The molecule has 1 rings (SSSR count). The number of nitrogens with zero attached hydrogens (tertiary/aromatic N) is 1. The first-order valence-corrected chi connectivity index (χ1v) is 5.98. The molecule has 1 heterocycles. The van der Waals surface area contributed by atoms with Crippen molar-refractivity contribution in [3.05, 3.63) is 18.4 Å². The van der Waals surface area contributed by atoms with Crippen molar-refractivity contribution in [2.75, 3.05) is 4.90 Å². The minimum Gasteiger partial charge on any atom is -0.481 e. The molecule has 0 aromatic carbocycles. The van der Waals surface area contributed by atoms with Crippen LogP contribution in [0.5, 0.6) is 0 Å². The summed E-state index contributed by atoms with van der Waals surface area (Å²) in [6, 6.07) is 2.64. The van der Waals surface area contributed by atoms with E-state index in [0.717, 1.165) is 0 Å². The molecule has 1 atom stereocenters. The van der Waals surface area contributed by atoms with Gasteiger partial charge in [0.05, 0.1) is 18.7 Å². The number of furan rings is 1. The van der Waals surface area contributed by atoms with E-state index in [1.54, 1.807) is 39.8 Å². The molecule has 0 radical (unpaired) electrons. The topological polar surface area (TPSA) is 80.0 Å². The summed E-state index contributed by atoms with van der Waals surface area (Å²) in [5, 5.41) is 8.84. The van der Waals surface area contributed by atoms with Crippen molar-refractivity contribution in [2.24, 2.45) is 0 Å². The van der Waals surface area contributed by atoms with Crippen LogP contribution >= 0.6 is 0 Å². The molecule has 0 fully saturated rings. The summed E-state index contributed by atoms with van der Waals surface area (Å²) < 4.78 is 10.4. The van der Waals surface area contributed by atoms with E-state index in [1.165, 1.54) is 11.2 Å². The zero-order chi connectivity index (χ0) is 14.6. The number of hydrogen-bond donors (Lipinski definition) is 1. The van der Waals surface area contributed by atoms with E-state index in [9.17, 15) is 9.59 Å². The molecule has 19 heavy (non-hydrogen) atoms. The predicted octanol–water partition coefficient (Wildman–Crippen LogP) is 2.88. The van der Waals surface area contributed by atoms with Gasteiger partial charge in [-0.15, -0.1) is 0 Å². The van der Waals surface area contributed by atoms with Crippen LogP contribution in [0.4, 0.5) is 10.7 Å². The first-order chi connectivity index (χ1) is 8.70. The molecular formula is C13H19NO5. The van der Waals surface area contributed by atoms with Gasteiger partial charge in [0.2, 0.25) is 5.88 Å². The lowest BCUT2D eigenvalue weighted by atomic mass is 10.2. The van der Waals surface area contributed by atoms with Gasteiger partial charge in [0.1, 0.15) is 5.60 Å². The molecule has 0 saturated heterocycles. The average molecular weight is 269 g/mol. The van der Waals surface area contributed by atoms with Gasteiger partial charge in [-0.1, -0.05) is 0 Å². The zero-order valence-corrected chi connectivity index (χ0v) is 11.5. The predicted molar refractivity (Wildman–Crippen MR) is 69.1 cm³/mol. The minimum atomic E-state index is -0.993. The fourth-order valence-corrected chi connectivity index (χ4v) is 1.55. The van der Waals surface area contributed by atoms with Crippen molar-refractivity contribution < 1.29 is 23.8 Å². The summed E-state index contributed by atoms with van der Waals surface area (Å²) in [5.41, 5.74) is -0.662. The van der Waals surface area contributed by atoms with Crippen LogP contribution in [-0.4, -0.2) is 28.8 Å². The molecule has 0 saturated carbocycles. The quantitative estimate of drug-likeness (QED) is 0.909. The molecule has 0 bridgehead atoms. The van der Waals surface area contributed by atoms with E-state index in [2.05, 4.69) is 0 Å². The van der Waals surface area contributed by atoms with E-state index in [1.807, 2.05) is 0 Å². The maximum absolute atomic E-state index is 12.1. The van der Waals surface area contributed by atoms with Gasteiger partial charge >= 0.3 is 12.1 Å². The highest BCUT2D eigenvalue weighted by molar-refractivity contribution is 5.87. The number of ether oxygens (including phenoxy) is 1. The number of carboxylic acids is 1. The Bertz CT molecular complexity index is 432. The lowest BCUT2D eigenvalue weighted by molar-refractivity contribution is -0.137. The van der Waals surface area contributed by atoms with Gasteiger partial charge in [-0.25, -0.2) is 9.69 Å². The Balaban J connectivity index is 2.93. The maximum Gasteiger partial charge on any atom is 0.417 e. The van der Waals surface area contributed by atoms with E-state index >= 15 is 0 Å². The van der Waals surface area contributed by atoms with Crippen LogP contribution in [0.3, 0.4) is 0 Å². The molecule has 1 aromatic heterocycles. The molecule has 6 heteroatoms. The standard InChI is InChI=1S/C13H19NO5/c1-9(8-11(15)16)14(10-6-5-7-18-10)12(17)19-13(2,3)4/h5-7,9H,8H2,1-4H3,(H,15,16)/t9-/m0/s1. The van der Waals surface area contributed by atoms with Crippen LogP contribution in [0, 0.1) is 0 Å². The summed E-state index contributed by atoms with van der Waals surface area (Å²) >= 11 is 0. The minimum absolute atomic E-state index is 0.195. The molecule has 1 N–H and O–H groups in total. The monoisotopic (exact) mass is 269 g/mol. The highest BCUT2D eigenvalue weighted by Gasteiger charge is 2.30. The van der Waals surface area contributed by atoms with Gasteiger partial charge in [0.15, 0.2) is 0 Å². The van der Waals surface area contributed by atoms with Crippen LogP contribution in [-0.2, 0) is 9.53 Å². The smallest absolute Gasteiger partial charge is 0.417 e. The van der Waals surface area contributed by atoms with Gasteiger partial charge in [0, 0.05) is 6.07 Å². The van der Waals surface area contributed by atoms with Gasteiger partial charge in [-0.05, 0) is 33.8 Å². The summed E-state index contributed by atoms with van der Waals surface area (Å²) in [4.78, 5) is 24.1. The Kier molecular flexibility index (Phi) is 4.58. The third kappa shape index (κ3) is 4.65. The maximum atomic E-state index is 12.1. The Hall–Kier alpha value is -1.98. The highest BCUT2D eigenvalue weighted by atomic mass is 16.6. The number of rotatable bonds is 4. The van der Waals surface area contributed by atoms with E-state index in [-0.39, 0.29) is 12.3 Å². The molecule has 1 amide bonds. The zero-order valence-electron chi connectivity index (χ0n) is 11.5. The Morgan fingerprint density at radius 1 is 1.47 bits per heavy atom. The summed E-state index contributed by atoms with van der Waals surface area (Å²) in [5.74, 6) is -0.726. The van der Waals surface area contributed by atoms with Gasteiger partial charge in [-0.2, -0.15) is 0 Å². The van der Waals surface area contributed by atoms with E-state index < -0.39 is 23.7 Å². The molecule has 0 aliphatic carbocycles. The van der Waals surface area contributed by atoms with E-state index in [0.29, 0.717) is 0 Å². The van der Waals surface area contributed by atoms with Crippen molar-refractivity contribution in [1.29, 1.82) is 0 Å². The Labute approximate surface area is 112 Å². The Morgan fingerprint density at radius 3 is 2.53 bits per heavy atom. The first kappa shape index (κ1) is 15.1. The van der Waals surface area contributed by atoms with Crippen LogP contribution in [0.25, 0.3) is 0 Å². The molecular weight excluding hydrogens is 250 g/mol. The molecule has 106 valence electrons. The van der Waals surface area contributed by atoms with Crippen molar-refractivity contribution in [3.8, 4) is 0 Å². The van der Waals surface area contributed by atoms with Crippen molar-refractivity contribution >= 4 is 17.9 Å². The molecule has 6 nitrogen and oxygen atoms in total. The molecule has 0 aliphatic heterocycles. The van der Waals surface area contributed by atoms with Crippen molar-refractivity contribution in [1.82, 2.24) is 0 Å². The number of carboxylic acid groups (broad SMARTS) is 1. The molecule has 1 aromatic rings. The fraction of sp³-hybridized carbons (Fsp3) is 0.538. The largest absolute Gasteiger partial charge is 0.481 e. The fourth-order valence-electron chi connectivity index (χ4n) is 1.55. The summed E-state index contributed by atoms with van der Waals surface area (Å²) in [6.45, 7) is 6.85. The van der Waals surface area contributed by atoms with Crippen LogP contribution in [0.15, 0.2) is 22.8 Å². The third-order valence-electron chi connectivity index (χ3n) is 2.24. The van der Waals surface area contributed by atoms with Gasteiger partial charge in [0.25, 0.3) is 0 Å². The number of hydrogen-bond acceptors (Lipinski definition) is 4. The van der Waals surface area contributed by atoms with Crippen LogP contribution < -0.4 is 4.90 Å². The third-order valence-corrected chi connectivity index (χ3v) is 2.24. The lowest BCUT2D eigenvalue weighted by Crippen LogP contribution is -2.43. The normalized spacial score (nSPS) is 12.8. The first-order valence-electron chi connectivity index (χ1n) is 5.98. The van der Waals surface area contributed by atoms with E-state index in [4.69, 9.17) is 14.3 Å². The highest BCUT2D eigenvalue weighted by Crippen LogP contribution is 2.22. The second-order valence-electron chi connectivity index (χ2n) is 5.25. The number of anilines is 1. The summed E-state index contributed by atoms with van der Waals surface area (Å²) in [6.07, 6.45) is 0.594. The van der Waals surface area contributed by atoms with Gasteiger partial charge in [-0.3, -0.25) is 4.79 Å². The number of amides is 1. The SMILES string of the molecule is C[C@@H](CC(=O)O)N(C(=O)OC(C)(C)C)c1ccco1. The molecule has 0 unspecified atom stereocenters. The lowest BCUT2D eigenvalue weighted by Gasteiger charge is -2.29. The number of carbonyl (C=O) groups excluding carboxylic acids is 1. The van der Waals surface area contributed by atoms with Crippen molar-refractivity contribution in [2.45, 2.75) is 45.8 Å².